The second-order valence-corrected chi connectivity index (χ2v) is 9.27. The highest BCUT2D eigenvalue weighted by Gasteiger charge is 2.61. The molecule has 0 aromatic heterocycles. The number of rotatable bonds is 5. The number of hydrogen-bond donors (Lipinski definition) is 0. The van der Waals surface area contributed by atoms with Gasteiger partial charge in [0.25, 0.3) is 5.91 Å². The van der Waals surface area contributed by atoms with Crippen LogP contribution < -0.4 is 0 Å². The summed E-state index contributed by atoms with van der Waals surface area (Å²) in [5.41, 5.74) is -1.53. The van der Waals surface area contributed by atoms with Gasteiger partial charge in [0.15, 0.2) is 0 Å². The molecule has 4 rings (SSSR count). The van der Waals surface area contributed by atoms with E-state index in [1.807, 2.05) is 0 Å². The van der Waals surface area contributed by atoms with Crippen molar-refractivity contribution in [3.63, 3.8) is 0 Å². The lowest BCUT2D eigenvalue weighted by Gasteiger charge is -2.31. The molecule has 35 heavy (non-hydrogen) atoms. The molecule has 1 heterocycles. The van der Waals surface area contributed by atoms with Crippen LogP contribution in [0.15, 0.2) is 46.9 Å². The van der Waals surface area contributed by atoms with E-state index in [4.69, 9.17) is 4.74 Å². The maximum atomic E-state index is 14.7. The van der Waals surface area contributed by atoms with E-state index in [9.17, 15) is 36.3 Å². The molecular weight excluding hydrogens is 543 g/mol. The van der Waals surface area contributed by atoms with Crippen molar-refractivity contribution in [2.24, 2.45) is 0 Å². The molecule has 2 aliphatic rings. The van der Waals surface area contributed by atoms with Crippen molar-refractivity contribution in [2.75, 3.05) is 6.54 Å². The van der Waals surface area contributed by atoms with E-state index in [1.165, 1.54) is 30.3 Å². The fourth-order valence-corrected chi connectivity index (χ4v) is 4.63. The Bertz CT molecular complexity index is 1190. The van der Waals surface area contributed by atoms with E-state index in [-0.39, 0.29) is 16.7 Å². The van der Waals surface area contributed by atoms with Crippen LogP contribution in [0.25, 0.3) is 0 Å². The van der Waals surface area contributed by atoms with Gasteiger partial charge in [0.1, 0.15) is 24.6 Å². The lowest BCUT2D eigenvalue weighted by Crippen LogP contribution is -2.51. The first-order valence-electron chi connectivity index (χ1n) is 10.4. The quantitative estimate of drug-likeness (QED) is 0.474. The van der Waals surface area contributed by atoms with Crippen LogP contribution in [-0.2, 0) is 26.5 Å². The standard InChI is InChI=1S/C23H18BrF5N2O4/c1-12(23(27,28)29)30(10-13-2-5-15(25)6-3-13)19(32)11-31-20(33)22(35-21(31)34)9-18(26)16-8-14(24)4-7-17(16)22/h2-8,12,18H,9-11H2,1H3/t12-,18?,22-/m0/s1. The van der Waals surface area contributed by atoms with Gasteiger partial charge in [0.05, 0.1) is 0 Å². The number of halogens is 6. The van der Waals surface area contributed by atoms with Gasteiger partial charge in [-0.3, -0.25) is 9.59 Å². The largest absolute Gasteiger partial charge is 0.427 e. The number of carbonyl (C=O) groups excluding carboxylic acids is 3. The van der Waals surface area contributed by atoms with E-state index in [2.05, 4.69) is 15.9 Å². The molecule has 0 radical (unpaired) electrons. The van der Waals surface area contributed by atoms with Gasteiger partial charge in [-0.15, -0.1) is 0 Å². The summed E-state index contributed by atoms with van der Waals surface area (Å²) in [5.74, 6) is -2.82. The average molecular weight is 561 g/mol. The Labute approximate surface area is 204 Å². The molecule has 1 saturated heterocycles. The van der Waals surface area contributed by atoms with Gasteiger partial charge < -0.3 is 9.64 Å². The first kappa shape index (κ1) is 25.1. The van der Waals surface area contributed by atoms with Crippen LogP contribution in [0, 0.1) is 5.82 Å². The van der Waals surface area contributed by atoms with Crippen molar-refractivity contribution in [1.82, 2.24) is 9.80 Å². The molecule has 12 heteroatoms. The molecule has 3 atom stereocenters. The van der Waals surface area contributed by atoms with Crippen LogP contribution >= 0.6 is 15.9 Å². The minimum atomic E-state index is -4.81. The van der Waals surface area contributed by atoms with Crippen LogP contribution in [-0.4, -0.2) is 46.5 Å². The fourth-order valence-electron chi connectivity index (χ4n) is 4.25. The molecule has 1 fully saturated rings. The third kappa shape index (κ3) is 4.51. The lowest BCUT2D eigenvalue weighted by molar-refractivity contribution is -0.187. The zero-order valence-corrected chi connectivity index (χ0v) is 19.7. The van der Waals surface area contributed by atoms with Crippen molar-refractivity contribution < 1.29 is 41.1 Å². The predicted molar refractivity (Wildman–Crippen MR) is 115 cm³/mol. The number of hydrogen-bond acceptors (Lipinski definition) is 4. The van der Waals surface area contributed by atoms with Crippen molar-refractivity contribution in [3.05, 3.63) is 69.4 Å². The summed E-state index contributed by atoms with van der Waals surface area (Å²) in [4.78, 5) is 39.6. The van der Waals surface area contributed by atoms with Gasteiger partial charge in [-0.2, -0.15) is 13.2 Å². The van der Waals surface area contributed by atoms with E-state index in [0.29, 0.717) is 14.3 Å². The topological polar surface area (TPSA) is 66.9 Å². The Morgan fingerprint density at radius 1 is 1.23 bits per heavy atom. The molecule has 3 amide bonds. The summed E-state index contributed by atoms with van der Waals surface area (Å²) in [5, 5.41) is 0. The highest BCUT2D eigenvalue weighted by molar-refractivity contribution is 9.10. The van der Waals surface area contributed by atoms with Crippen LogP contribution in [0.4, 0.5) is 26.7 Å². The molecule has 0 saturated carbocycles. The van der Waals surface area contributed by atoms with Crippen LogP contribution in [0.1, 0.15) is 36.2 Å². The molecule has 1 aliphatic carbocycles. The highest BCUT2D eigenvalue weighted by Crippen LogP contribution is 2.51. The van der Waals surface area contributed by atoms with E-state index >= 15 is 0 Å². The van der Waals surface area contributed by atoms with E-state index in [1.54, 1.807) is 0 Å². The summed E-state index contributed by atoms with van der Waals surface area (Å²) in [6, 6.07) is 6.62. The first-order chi connectivity index (χ1) is 16.3. The first-order valence-corrected chi connectivity index (χ1v) is 11.2. The predicted octanol–water partition coefficient (Wildman–Crippen LogP) is 5.16. The summed E-state index contributed by atoms with van der Waals surface area (Å²) in [7, 11) is 0. The van der Waals surface area contributed by atoms with Gasteiger partial charge >= 0.3 is 12.3 Å². The number of alkyl halides is 4. The van der Waals surface area contributed by atoms with Crippen LogP contribution in [0.3, 0.4) is 0 Å². The highest BCUT2D eigenvalue weighted by atomic mass is 79.9. The van der Waals surface area contributed by atoms with E-state index < -0.39 is 67.2 Å². The second kappa shape index (κ2) is 8.89. The molecule has 1 spiro atoms. The molecular formula is C23H18BrF5N2O4. The number of benzene rings is 2. The van der Waals surface area contributed by atoms with Crippen molar-refractivity contribution in [3.8, 4) is 0 Å². The van der Waals surface area contributed by atoms with Crippen molar-refractivity contribution in [2.45, 2.75) is 43.9 Å². The maximum Gasteiger partial charge on any atom is 0.418 e. The number of nitrogens with zero attached hydrogens (tertiary/aromatic N) is 2. The number of fused-ring (bicyclic) bond motifs is 2. The zero-order chi connectivity index (χ0) is 25.7. The normalized spacial score (nSPS) is 22.4. The minimum Gasteiger partial charge on any atom is -0.427 e. The molecule has 1 unspecified atom stereocenters. The van der Waals surface area contributed by atoms with Crippen molar-refractivity contribution in [1.29, 1.82) is 0 Å². The SMILES string of the molecule is C[C@H](N(Cc1ccc(F)cc1)C(=O)CN1C(=O)O[C@]2(CC(F)c3cc(Br)ccc32)C1=O)C(F)(F)F. The number of carbonyl (C=O) groups is 3. The Morgan fingerprint density at radius 3 is 2.51 bits per heavy atom. The molecule has 2 aromatic rings. The molecule has 0 N–H and O–H groups in total. The smallest absolute Gasteiger partial charge is 0.418 e. The Hall–Kier alpha value is -3.02. The van der Waals surface area contributed by atoms with Crippen molar-refractivity contribution >= 4 is 33.8 Å². The number of amides is 3. The van der Waals surface area contributed by atoms with Crippen LogP contribution in [0.5, 0.6) is 0 Å². The molecule has 2 aromatic carbocycles. The molecule has 186 valence electrons. The Kier molecular flexibility index (Phi) is 6.37. The second-order valence-electron chi connectivity index (χ2n) is 8.36. The maximum absolute atomic E-state index is 14.7. The Morgan fingerprint density at radius 2 is 1.89 bits per heavy atom. The molecule has 1 aliphatic heterocycles. The molecule has 6 nitrogen and oxygen atoms in total. The van der Waals surface area contributed by atoms with Gasteiger partial charge in [0, 0.05) is 23.0 Å². The lowest BCUT2D eigenvalue weighted by atomic mass is 9.95. The number of ether oxygens (including phenoxy) is 1. The number of imide groups is 1. The Balaban J connectivity index is 1.60. The minimum absolute atomic E-state index is 0.119. The van der Waals surface area contributed by atoms with E-state index in [0.717, 1.165) is 19.1 Å². The van der Waals surface area contributed by atoms with Gasteiger partial charge in [-0.1, -0.05) is 34.1 Å². The molecule has 0 bridgehead atoms. The summed E-state index contributed by atoms with van der Waals surface area (Å²) in [6.07, 6.45) is -8.21. The van der Waals surface area contributed by atoms with Gasteiger partial charge in [0.2, 0.25) is 11.5 Å². The summed E-state index contributed by atoms with van der Waals surface area (Å²) < 4.78 is 74.2. The third-order valence-electron chi connectivity index (χ3n) is 6.15. The fraction of sp³-hybridized carbons (Fsp3) is 0.348. The van der Waals surface area contributed by atoms with Gasteiger partial charge in [-0.05, 0) is 42.3 Å². The summed E-state index contributed by atoms with van der Waals surface area (Å²) in [6.45, 7) is -0.832. The third-order valence-corrected chi connectivity index (χ3v) is 6.64. The van der Waals surface area contributed by atoms with Crippen LogP contribution in [0.2, 0.25) is 0 Å². The monoisotopic (exact) mass is 560 g/mol. The zero-order valence-electron chi connectivity index (χ0n) is 18.1. The summed E-state index contributed by atoms with van der Waals surface area (Å²) >= 11 is 3.20. The van der Waals surface area contributed by atoms with Gasteiger partial charge in [-0.25, -0.2) is 18.5 Å². The average Bonchev–Trinajstić information content (AvgIpc) is 3.19.